The molecule has 4 atom stereocenters. The van der Waals surface area contributed by atoms with E-state index in [1.807, 2.05) is 62.3 Å². The first kappa shape index (κ1) is 49.0. The van der Waals surface area contributed by atoms with Gasteiger partial charge >= 0.3 is 6.03 Å². The molecule has 0 saturated carbocycles. The molecule has 1 fully saturated rings. The van der Waals surface area contributed by atoms with E-state index in [-0.39, 0.29) is 35.0 Å². The second-order valence-corrected chi connectivity index (χ2v) is 13.9. The number of nitrogens with one attached hydrogen (secondary N) is 4. The minimum absolute atomic E-state index is 0.108. The van der Waals surface area contributed by atoms with Crippen molar-refractivity contribution in [3.63, 3.8) is 0 Å². The average molecular weight is 683 g/mol. The predicted octanol–water partition coefficient (Wildman–Crippen LogP) is 4.82. The predicted molar refractivity (Wildman–Crippen MR) is 195 cm³/mol. The summed E-state index contributed by atoms with van der Waals surface area (Å²) in [6, 6.07) is -3.01. The molecule has 0 aromatic rings. The normalized spacial score (nSPS) is 15.5. The van der Waals surface area contributed by atoms with Crippen molar-refractivity contribution in [2.45, 2.75) is 146 Å². The minimum Gasteiger partial charge on any atom is -0.355 e. The number of rotatable bonds is 13. The number of nitrogens with zero attached hydrogens (tertiary/aromatic N) is 2. The molecule has 1 aliphatic rings. The molecule has 1 rings (SSSR count). The van der Waals surface area contributed by atoms with Crippen LogP contribution < -0.4 is 21.3 Å². The lowest BCUT2D eigenvalue weighted by atomic mass is 9.85. The SMILES string of the molecule is C=CCNC=O.CC.CCC.CCCC(NC(=O)C1CCCN1C(=O)C(NC(=O)NC(CN(C)C(C)=O)C(C)(C)C)C(C)(C)C)C(C)=O. The molecule has 1 aliphatic heterocycles. The maximum atomic E-state index is 13.7. The zero-order chi connectivity index (χ0) is 38.3. The number of carbonyl (C=O) groups excluding carboxylic acids is 6. The van der Waals surface area contributed by atoms with E-state index in [0.29, 0.717) is 45.3 Å². The van der Waals surface area contributed by atoms with Crippen LogP contribution in [0.4, 0.5) is 4.79 Å². The second-order valence-electron chi connectivity index (χ2n) is 13.9. The van der Waals surface area contributed by atoms with Gasteiger partial charge in [-0.25, -0.2) is 4.79 Å². The molecular formula is C36H70N6O6. The summed E-state index contributed by atoms with van der Waals surface area (Å²) in [5.41, 5.74) is -0.970. The van der Waals surface area contributed by atoms with E-state index in [1.54, 1.807) is 18.0 Å². The van der Waals surface area contributed by atoms with Crippen molar-refractivity contribution in [1.29, 1.82) is 0 Å². The summed E-state index contributed by atoms with van der Waals surface area (Å²) in [6.07, 6.45) is 5.97. The molecule has 0 radical (unpaired) electrons. The first-order chi connectivity index (χ1) is 22.2. The van der Waals surface area contributed by atoms with Gasteiger partial charge in [0.2, 0.25) is 24.1 Å². The summed E-state index contributed by atoms with van der Waals surface area (Å²) >= 11 is 0. The Kier molecular flexibility index (Phi) is 26.1. The first-order valence-electron chi connectivity index (χ1n) is 17.4. The molecule has 0 spiro atoms. The Balaban J connectivity index is -0.00000160. The van der Waals surface area contributed by atoms with Crippen LogP contribution in [-0.4, -0.2) is 96.6 Å². The summed E-state index contributed by atoms with van der Waals surface area (Å²) in [7, 11) is 1.68. The molecule has 12 heteroatoms. The number of ketones is 1. The Morgan fingerprint density at radius 1 is 0.938 bits per heavy atom. The van der Waals surface area contributed by atoms with Crippen LogP contribution in [0.15, 0.2) is 12.7 Å². The monoisotopic (exact) mass is 683 g/mol. The summed E-state index contributed by atoms with van der Waals surface area (Å²) in [5.74, 6) is -0.885. The lowest BCUT2D eigenvalue weighted by molar-refractivity contribution is -0.142. The van der Waals surface area contributed by atoms with Crippen LogP contribution in [0.5, 0.6) is 0 Å². The van der Waals surface area contributed by atoms with Crippen molar-refractivity contribution >= 4 is 35.9 Å². The molecule has 0 bridgehead atoms. The van der Waals surface area contributed by atoms with Crippen LogP contribution in [0.2, 0.25) is 0 Å². The third-order valence-electron chi connectivity index (χ3n) is 7.30. The van der Waals surface area contributed by atoms with E-state index in [2.05, 4.69) is 41.7 Å². The van der Waals surface area contributed by atoms with Crippen LogP contribution in [0, 0.1) is 10.8 Å². The van der Waals surface area contributed by atoms with Gasteiger partial charge in [-0.1, -0.05) is 95.1 Å². The number of hydrogen-bond acceptors (Lipinski definition) is 6. The van der Waals surface area contributed by atoms with Crippen molar-refractivity contribution in [3.8, 4) is 0 Å². The highest BCUT2D eigenvalue weighted by Gasteiger charge is 2.42. The number of amides is 6. The maximum absolute atomic E-state index is 13.7. The smallest absolute Gasteiger partial charge is 0.315 e. The van der Waals surface area contributed by atoms with E-state index in [9.17, 15) is 28.8 Å². The Morgan fingerprint density at radius 3 is 1.85 bits per heavy atom. The molecular weight excluding hydrogens is 612 g/mol. The fourth-order valence-corrected chi connectivity index (χ4v) is 4.45. The van der Waals surface area contributed by atoms with Crippen LogP contribution >= 0.6 is 0 Å². The third kappa shape index (κ3) is 20.0. The second kappa shape index (κ2) is 25.6. The fourth-order valence-electron chi connectivity index (χ4n) is 4.45. The summed E-state index contributed by atoms with van der Waals surface area (Å²) in [4.78, 5) is 76.1. The lowest BCUT2D eigenvalue weighted by Gasteiger charge is -2.38. The van der Waals surface area contributed by atoms with E-state index >= 15 is 0 Å². The number of likely N-dealkylation sites (tertiary alicyclic amines) is 1. The Labute approximate surface area is 292 Å². The summed E-state index contributed by atoms with van der Waals surface area (Å²) in [5, 5.41) is 11.0. The maximum Gasteiger partial charge on any atom is 0.315 e. The van der Waals surface area contributed by atoms with Gasteiger partial charge < -0.3 is 31.1 Å². The molecule has 1 saturated heterocycles. The topological polar surface area (TPSA) is 157 Å². The van der Waals surface area contributed by atoms with Crippen LogP contribution in [0.3, 0.4) is 0 Å². The zero-order valence-corrected chi connectivity index (χ0v) is 32.7. The van der Waals surface area contributed by atoms with Crippen LogP contribution in [-0.2, 0) is 24.0 Å². The number of likely N-dealkylation sites (N-methyl/N-ethyl adjacent to an activating group) is 1. The highest BCUT2D eigenvalue weighted by atomic mass is 16.2. The molecule has 6 amide bonds. The van der Waals surface area contributed by atoms with Crippen molar-refractivity contribution in [2.75, 3.05) is 26.7 Å². The van der Waals surface area contributed by atoms with Crippen LogP contribution in [0.1, 0.15) is 122 Å². The van der Waals surface area contributed by atoms with Gasteiger partial charge in [-0.05, 0) is 37.0 Å². The molecule has 0 aromatic heterocycles. The molecule has 280 valence electrons. The van der Waals surface area contributed by atoms with Gasteiger partial charge in [-0.2, -0.15) is 0 Å². The van der Waals surface area contributed by atoms with Gasteiger partial charge in [0.25, 0.3) is 0 Å². The highest BCUT2D eigenvalue weighted by molar-refractivity contribution is 5.94. The molecule has 1 heterocycles. The van der Waals surface area contributed by atoms with Gasteiger partial charge in [0.15, 0.2) is 5.78 Å². The minimum atomic E-state index is -0.883. The fraction of sp³-hybridized carbons (Fsp3) is 0.778. The van der Waals surface area contributed by atoms with E-state index < -0.39 is 29.6 Å². The highest BCUT2D eigenvalue weighted by Crippen LogP contribution is 2.26. The molecule has 12 nitrogen and oxygen atoms in total. The molecule has 48 heavy (non-hydrogen) atoms. The van der Waals surface area contributed by atoms with E-state index in [0.717, 1.165) is 6.42 Å². The Morgan fingerprint density at radius 2 is 1.48 bits per heavy atom. The van der Waals surface area contributed by atoms with Gasteiger partial charge in [0, 0.05) is 33.6 Å². The van der Waals surface area contributed by atoms with Gasteiger partial charge in [0.1, 0.15) is 12.1 Å². The van der Waals surface area contributed by atoms with Gasteiger partial charge in [-0.3, -0.25) is 24.0 Å². The number of urea groups is 1. The van der Waals surface area contributed by atoms with Crippen molar-refractivity contribution in [1.82, 2.24) is 31.1 Å². The molecule has 4 unspecified atom stereocenters. The number of Topliss-reactive ketones (excluding diaryl/α,β-unsaturated/α-hetero) is 1. The summed E-state index contributed by atoms with van der Waals surface area (Å²) in [6.45, 7) is 29.3. The standard InChI is InChI=1S/C27H49N5O5.C4H7NO.C3H8.C2H6/c1-11-13-19(17(2)33)28-23(35)20-14-12-15-32(20)24(36)22(27(7,8)9)30-25(37)29-21(26(4,5)6)16-31(10)18(3)34;1-2-3-5-4-6;1-3-2;1-2/h19-22H,11-16H2,1-10H3,(H,28,35)(H2,29,30,37);2,4H,1,3H2,(H,5,6);3H2,1-2H3;1-2H3. The largest absolute Gasteiger partial charge is 0.355 e. The quantitative estimate of drug-likeness (QED) is 0.124. The van der Waals surface area contributed by atoms with Crippen molar-refractivity contribution in [2.24, 2.45) is 10.8 Å². The van der Waals surface area contributed by atoms with E-state index in [4.69, 9.17) is 0 Å². The number of carbonyl (C=O) groups is 6. The number of hydrogen-bond donors (Lipinski definition) is 4. The van der Waals surface area contributed by atoms with Crippen LogP contribution in [0.25, 0.3) is 0 Å². The molecule has 4 N–H and O–H groups in total. The third-order valence-corrected chi connectivity index (χ3v) is 7.30. The van der Waals surface area contributed by atoms with E-state index in [1.165, 1.54) is 25.2 Å². The molecule has 0 aliphatic carbocycles. The molecule has 0 aromatic carbocycles. The van der Waals surface area contributed by atoms with Gasteiger partial charge in [0.05, 0.1) is 12.1 Å². The average Bonchev–Trinajstić information content (AvgIpc) is 3.49. The van der Waals surface area contributed by atoms with Gasteiger partial charge in [-0.15, -0.1) is 6.58 Å². The first-order valence-corrected chi connectivity index (χ1v) is 17.4. The van der Waals surface area contributed by atoms with Crippen molar-refractivity contribution in [3.05, 3.63) is 12.7 Å². The Bertz CT molecular complexity index is 980. The lowest BCUT2D eigenvalue weighted by Crippen LogP contribution is -2.61. The van der Waals surface area contributed by atoms with Crippen molar-refractivity contribution < 1.29 is 28.8 Å². The Hall–Kier alpha value is -3.44. The summed E-state index contributed by atoms with van der Waals surface area (Å²) < 4.78 is 0. The zero-order valence-electron chi connectivity index (χ0n) is 32.7.